The van der Waals surface area contributed by atoms with E-state index in [4.69, 9.17) is 18.9 Å². The van der Waals surface area contributed by atoms with Gasteiger partial charge < -0.3 is 29.4 Å². The summed E-state index contributed by atoms with van der Waals surface area (Å²) in [6.45, 7) is 5.66. The van der Waals surface area contributed by atoms with E-state index >= 15 is 8.78 Å². The number of nitrogens with one attached hydrogen (secondary N) is 1. The molecule has 2 unspecified atom stereocenters. The summed E-state index contributed by atoms with van der Waals surface area (Å²) in [5.74, 6) is -5.86. The number of anilines is 1. The van der Waals surface area contributed by atoms with Crippen molar-refractivity contribution in [2.45, 2.75) is 108 Å². The number of rotatable bonds is 12. The van der Waals surface area contributed by atoms with E-state index in [2.05, 4.69) is 10.3 Å². The molecular weight excluding hydrogens is 817 g/mol. The maximum atomic E-state index is 17.7. The molecule has 4 aliphatic carbocycles. The summed E-state index contributed by atoms with van der Waals surface area (Å²) in [7, 11) is 3.60. The second-order valence-corrected chi connectivity index (χ2v) is 18.7. The standard InChI is InChI=1S/C48H53F2N3O10/c1-44(2)62-39-22-33-34-21-36(49)35-20-32(54)15-17-45(35,3)47(34,50)37(55)23-46(33,4)48(39,63-44)38(56)26-61-41(58)14-13-40(57)60-25-27-7-9-28(10-8-27)42(53(5)6)43(59)52-31-12-11-30-24-51-18-16-29(30)19-31/h7-12,15-20,24,33-34,36-37,39,42,55H,13-14,21-23,25-26H2,1-6H3,(H,52,59)/t33-,34?,36-,37-,39+,42?,45-,46-,47-,48+/m0/s1. The number of alkyl halides is 2. The van der Waals surface area contributed by atoms with Crippen molar-refractivity contribution in [3.8, 4) is 0 Å². The molecule has 8 rings (SSSR count). The smallest absolute Gasteiger partial charge is 0.306 e. The van der Waals surface area contributed by atoms with E-state index in [-0.39, 0.29) is 50.2 Å². The minimum absolute atomic E-state index is 0.00732. The van der Waals surface area contributed by atoms with Crippen LogP contribution in [0.4, 0.5) is 14.5 Å². The van der Waals surface area contributed by atoms with Crippen LogP contribution in [0.1, 0.15) is 77.0 Å². The van der Waals surface area contributed by atoms with Gasteiger partial charge in [0.25, 0.3) is 0 Å². The molecule has 15 heteroatoms. The molecule has 4 fully saturated rings. The highest BCUT2D eigenvalue weighted by molar-refractivity contribution is 6.01. The van der Waals surface area contributed by atoms with Gasteiger partial charge in [-0.1, -0.05) is 43.3 Å². The Kier molecular flexibility index (Phi) is 11.3. The van der Waals surface area contributed by atoms with Crippen LogP contribution in [0.5, 0.6) is 0 Å². The summed E-state index contributed by atoms with van der Waals surface area (Å²) in [6, 6.07) is 13.9. The Balaban J connectivity index is 0.865. The zero-order valence-electron chi connectivity index (χ0n) is 36.2. The fourth-order valence-corrected chi connectivity index (χ4v) is 11.4. The number of halogens is 2. The number of hydrogen-bond donors (Lipinski definition) is 2. The largest absolute Gasteiger partial charge is 0.461 e. The first-order chi connectivity index (χ1) is 29.7. The SMILES string of the molecule is CN(C)C(C(=O)Nc1ccc2cnccc2c1)c1ccc(COC(=O)CCC(=O)OCC(=O)[C@@]23OC(C)(C)O[C@@H]2C[C@H]2C4C[C@H](F)C5=CC(=O)C=C[C@]5(C)[C@@]4(F)[C@@H](O)C[C@@]23C)cc1. The highest BCUT2D eigenvalue weighted by Crippen LogP contribution is 2.72. The molecule has 2 heterocycles. The lowest BCUT2D eigenvalue weighted by molar-refractivity contribution is -0.249. The van der Waals surface area contributed by atoms with Crippen molar-refractivity contribution in [3.05, 3.63) is 95.9 Å². The number of aliphatic hydroxyl groups excluding tert-OH is 1. The third kappa shape index (κ3) is 7.40. The number of Topliss-reactive ketones (excluding diaryl/α,β-unsaturated/α-hetero) is 1. The number of aromatic nitrogens is 1. The second kappa shape index (κ2) is 16.1. The molecular formula is C48H53F2N3O10. The lowest BCUT2D eigenvalue weighted by Gasteiger charge is -2.63. The van der Waals surface area contributed by atoms with E-state index in [1.54, 1.807) is 76.4 Å². The summed E-state index contributed by atoms with van der Waals surface area (Å²) in [5.41, 5.74) is -4.98. The molecule has 0 radical (unpaired) electrons. The molecule has 2 aromatic carbocycles. The number of esters is 2. The van der Waals surface area contributed by atoms with Crippen molar-refractivity contribution in [3.63, 3.8) is 0 Å². The highest BCUT2D eigenvalue weighted by atomic mass is 19.1. The average Bonchev–Trinajstić information content (AvgIpc) is 3.65. The average molecular weight is 870 g/mol. The van der Waals surface area contributed by atoms with E-state index in [9.17, 15) is 29.1 Å². The minimum Gasteiger partial charge on any atom is -0.461 e. The zero-order chi connectivity index (χ0) is 45.3. The van der Waals surface area contributed by atoms with Crippen molar-refractivity contribution < 1.29 is 56.8 Å². The molecule has 1 amide bonds. The van der Waals surface area contributed by atoms with Crippen LogP contribution in [0.3, 0.4) is 0 Å². The molecule has 3 saturated carbocycles. The molecule has 1 saturated heterocycles. The first-order valence-corrected chi connectivity index (χ1v) is 21.3. The molecule has 63 heavy (non-hydrogen) atoms. The van der Waals surface area contributed by atoms with Crippen LogP contribution in [0.25, 0.3) is 10.8 Å². The number of amides is 1. The van der Waals surface area contributed by atoms with Crippen LogP contribution in [-0.2, 0) is 49.5 Å². The Morgan fingerprint density at radius 2 is 1.68 bits per heavy atom. The molecule has 3 aromatic rings. The molecule has 1 aromatic heterocycles. The maximum Gasteiger partial charge on any atom is 0.306 e. The summed E-state index contributed by atoms with van der Waals surface area (Å²) in [6.07, 6.45) is 1.73. The molecule has 10 atom stereocenters. The highest BCUT2D eigenvalue weighted by Gasteiger charge is 2.80. The van der Waals surface area contributed by atoms with Crippen molar-refractivity contribution in [1.82, 2.24) is 9.88 Å². The maximum absolute atomic E-state index is 17.7. The number of aliphatic hydroxyl groups is 1. The Hall–Kier alpha value is -5.22. The number of benzene rings is 2. The molecule has 0 bridgehead atoms. The van der Waals surface area contributed by atoms with Crippen LogP contribution in [0, 0.1) is 22.7 Å². The van der Waals surface area contributed by atoms with Crippen molar-refractivity contribution in [1.29, 1.82) is 0 Å². The van der Waals surface area contributed by atoms with Gasteiger partial charge in [-0.2, -0.15) is 0 Å². The lowest BCUT2D eigenvalue weighted by Crippen LogP contribution is -2.71. The number of allylic oxidation sites excluding steroid dienone is 4. The number of fused-ring (bicyclic) bond motifs is 8. The van der Waals surface area contributed by atoms with Gasteiger partial charge in [0.1, 0.15) is 18.8 Å². The van der Waals surface area contributed by atoms with Crippen LogP contribution in [0.2, 0.25) is 0 Å². The number of hydrogen-bond acceptors (Lipinski definition) is 12. The number of ketones is 2. The molecule has 5 aliphatic rings. The predicted octanol–water partition coefficient (Wildman–Crippen LogP) is 6.23. The van der Waals surface area contributed by atoms with Gasteiger partial charge in [-0.3, -0.25) is 33.9 Å². The fraction of sp³-hybridized carbons (Fsp3) is 0.500. The van der Waals surface area contributed by atoms with E-state index in [1.807, 2.05) is 24.3 Å². The summed E-state index contributed by atoms with van der Waals surface area (Å²) in [4.78, 5) is 71.6. The van der Waals surface area contributed by atoms with Crippen LogP contribution in [-0.4, -0.2) is 101 Å². The van der Waals surface area contributed by atoms with Gasteiger partial charge in [0.2, 0.25) is 11.7 Å². The van der Waals surface area contributed by atoms with E-state index in [0.29, 0.717) is 11.3 Å². The van der Waals surface area contributed by atoms with Gasteiger partial charge in [-0.15, -0.1) is 0 Å². The monoisotopic (exact) mass is 869 g/mol. The predicted molar refractivity (Wildman–Crippen MR) is 225 cm³/mol. The molecule has 1 aliphatic heterocycles. The number of nitrogens with zero attached hydrogens (tertiary/aromatic N) is 2. The van der Waals surface area contributed by atoms with E-state index in [0.717, 1.165) is 22.4 Å². The van der Waals surface area contributed by atoms with Gasteiger partial charge in [0, 0.05) is 40.2 Å². The third-order valence-electron chi connectivity index (χ3n) is 14.3. The van der Waals surface area contributed by atoms with Crippen LogP contribution >= 0.6 is 0 Å². The van der Waals surface area contributed by atoms with Gasteiger partial charge in [-0.05, 0) is 112 Å². The Bertz CT molecular complexity index is 2420. The molecule has 0 spiro atoms. The van der Waals surface area contributed by atoms with Gasteiger partial charge in [0.15, 0.2) is 29.4 Å². The van der Waals surface area contributed by atoms with Crippen molar-refractivity contribution >= 4 is 45.9 Å². The number of carbonyl (C=O) groups is 5. The number of carbonyl (C=O) groups excluding carboxylic acids is 5. The minimum atomic E-state index is -2.36. The molecule has 334 valence electrons. The first kappa shape index (κ1) is 44.4. The molecule has 2 N–H and O–H groups in total. The lowest BCUT2D eigenvalue weighted by atomic mass is 9.44. The van der Waals surface area contributed by atoms with Crippen molar-refractivity contribution in [2.24, 2.45) is 22.7 Å². The fourth-order valence-electron chi connectivity index (χ4n) is 11.4. The van der Waals surface area contributed by atoms with E-state index < -0.39 is 94.3 Å². The Morgan fingerprint density at radius 1 is 0.968 bits per heavy atom. The Labute approximate surface area is 364 Å². The summed E-state index contributed by atoms with van der Waals surface area (Å²) >= 11 is 0. The Morgan fingerprint density at radius 3 is 2.40 bits per heavy atom. The normalized spacial score (nSPS) is 33.1. The number of likely N-dealkylation sites (N-methyl/N-ethyl adjacent to an activating group) is 1. The molecule has 13 nitrogen and oxygen atoms in total. The van der Waals surface area contributed by atoms with Gasteiger partial charge in [0.05, 0.1) is 25.0 Å². The number of pyridine rings is 1. The first-order valence-electron chi connectivity index (χ1n) is 21.3. The third-order valence-corrected chi connectivity index (χ3v) is 14.3. The quantitative estimate of drug-likeness (QED) is 0.197. The summed E-state index contributed by atoms with van der Waals surface area (Å²) in [5, 5.41) is 16.7. The van der Waals surface area contributed by atoms with Gasteiger partial charge in [-0.25, -0.2) is 8.78 Å². The number of ether oxygens (including phenoxy) is 4. The van der Waals surface area contributed by atoms with Crippen LogP contribution < -0.4 is 5.32 Å². The second-order valence-electron chi connectivity index (χ2n) is 18.7. The summed E-state index contributed by atoms with van der Waals surface area (Å²) < 4.78 is 57.2. The van der Waals surface area contributed by atoms with Crippen LogP contribution in [0.15, 0.2) is 84.7 Å². The topological polar surface area (TPSA) is 171 Å². The van der Waals surface area contributed by atoms with Crippen molar-refractivity contribution in [2.75, 3.05) is 26.0 Å². The zero-order valence-corrected chi connectivity index (χ0v) is 36.2. The van der Waals surface area contributed by atoms with E-state index in [1.165, 1.54) is 19.1 Å². The van der Waals surface area contributed by atoms with Gasteiger partial charge >= 0.3 is 11.9 Å².